The van der Waals surface area contributed by atoms with Crippen LogP contribution in [-0.2, 0) is 0 Å². The van der Waals surface area contributed by atoms with Crippen molar-refractivity contribution in [2.45, 2.75) is 6.92 Å². The second kappa shape index (κ2) is 6.43. The van der Waals surface area contributed by atoms with Gasteiger partial charge in [0.2, 0.25) is 0 Å². The van der Waals surface area contributed by atoms with Gasteiger partial charge in [0, 0.05) is 28.2 Å². The van der Waals surface area contributed by atoms with Gasteiger partial charge in [-0.3, -0.25) is 4.79 Å². The Morgan fingerprint density at radius 2 is 2.25 bits per heavy atom. The molecule has 1 aromatic carbocycles. The zero-order valence-electron chi connectivity index (χ0n) is 11.6. The summed E-state index contributed by atoms with van der Waals surface area (Å²) in [5.74, 6) is -0.121. The third kappa shape index (κ3) is 3.23. The van der Waals surface area contributed by atoms with E-state index < -0.39 is 0 Å². The highest BCUT2D eigenvalue weighted by atomic mass is 35.5. The second-order valence-corrected chi connectivity index (χ2v) is 6.13. The van der Waals surface area contributed by atoms with Gasteiger partial charge >= 0.3 is 0 Å². The molecular weight excluding hydrogens is 294 g/mol. The van der Waals surface area contributed by atoms with Crippen LogP contribution in [0.2, 0.25) is 5.02 Å². The van der Waals surface area contributed by atoms with Crippen LogP contribution >= 0.6 is 22.9 Å². The number of thiophene rings is 1. The minimum atomic E-state index is -0.121. The first kappa shape index (κ1) is 15.1. The van der Waals surface area contributed by atoms with Crippen LogP contribution in [0.5, 0.6) is 0 Å². The molecule has 0 bridgehead atoms. The largest absolute Gasteiger partial charge is 0.397 e. The molecular formula is C14H18ClN3OS. The maximum Gasteiger partial charge on any atom is 0.263 e. The molecule has 6 heteroatoms. The molecule has 20 heavy (non-hydrogen) atoms. The molecule has 1 amide bonds. The Hall–Kier alpha value is -1.30. The number of nitrogens with zero attached hydrogens (tertiary/aromatic N) is 1. The monoisotopic (exact) mass is 311 g/mol. The van der Waals surface area contributed by atoms with Crippen LogP contribution in [0, 0.1) is 0 Å². The molecule has 3 N–H and O–H groups in total. The molecule has 0 unspecified atom stereocenters. The zero-order chi connectivity index (χ0) is 14.7. The number of anilines is 1. The number of fused-ring (bicyclic) bond motifs is 1. The first-order chi connectivity index (χ1) is 9.52. The van der Waals surface area contributed by atoms with E-state index in [2.05, 4.69) is 17.1 Å². The van der Waals surface area contributed by atoms with E-state index in [0.29, 0.717) is 22.1 Å². The van der Waals surface area contributed by atoms with Gasteiger partial charge in [-0.15, -0.1) is 11.3 Å². The molecule has 1 heterocycles. The highest BCUT2D eigenvalue weighted by Crippen LogP contribution is 2.35. The summed E-state index contributed by atoms with van der Waals surface area (Å²) in [5.41, 5.74) is 6.56. The van der Waals surface area contributed by atoms with Crippen molar-refractivity contribution < 1.29 is 4.79 Å². The molecule has 4 nitrogen and oxygen atoms in total. The number of hydrogen-bond acceptors (Lipinski definition) is 4. The Balaban J connectivity index is 2.12. The van der Waals surface area contributed by atoms with Crippen molar-refractivity contribution in [1.29, 1.82) is 0 Å². The summed E-state index contributed by atoms with van der Waals surface area (Å²) in [5, 5.41) is 4.37. The number of halogens is 1. The number of carbonyl (C=O) groups excluding carboxylic acids is 1. The maximum atomic E-state index is 12.2. The molecule has 0 radical (unpaired) electrons. The van der Waals surface area contributed by atoms with E-state index in [1.165, 1.54) is 11.3 Å². The highest BCUT2D eigenvalue weighted by molar-refractivity contribution is 7.21. The topological polar surface area (TPSA) is 58.4 Å². The Kier molecular flexibility index (Phi) is 4.86. The first-order valence-corrected chi connectivity index (χ1v) is 7.66. The van der Waals surface area contributed by atoms with Crippen molar-refractivity contribution in [3.8, 4) is 0 Å². The van der Waals surface area contributed by atoms with Gasteiger partial charge in [0.15, 0.2) is 0 Å². The molecule has 0 aliphatic heterocycles. The third-order valence-electron chi connectivity index (χ3n) is 3.21. The fourth-order valence-electron chi connectivity index (χ4n) is 1.86. The SMILES string of the molecule is CCN(C)CCNC(=O)c1sc2ccc(Cl)cc2c1N. The Morgan fingerprint density at radius 3 is 2.95 bits per heavy atom. The third-order valence-corrected chi connectivity index (χ3v) is 4.63. The Morgan fingerprint density at radius 1 is 1.50 bits per heavy atom. The summed E-state index contributed by atoms with van der Waals surface area (Å²) in [4.78, 5) is 14.8. The first-order valence-electron chi connectivity index (χ1n) is 6.47. The molecule has 0 spiro atoms. The van der Waals surface area contributed by atoms with Crippen molar-refractivity contribution >= 4 is 44.6 Å². The maximum absolute atomic E-state index is 12.2. The number of amides is 1. The van der Waals surface area contributed by atoms with Crippen molar-refractivity contribution in [2.24, 2.45) is 0 Å². The van der Waals surface area contributed by atoms with Gasteiger partial charge in [0.1, 0.15) is 4.88 Å². The number of nitrogen functional groups attached to an aromatic ring is 1. The summed E-state index contributed by atoms with van der Waals surface area (Å²) in [6.07, 6.45) is 0. The molecule has 2 rings (SSSR count). The fraction of sp³-hybridized carbons (Fsp3) is 0.357. The van der Waals surface area contributed by atoms with Crippen molar-refractivity contribution in [1.82, 2.24) is 10.2 Å². The van der Waals surface area contributed by atoms with E-state index in [0.717, 1.165) is 23.2 Å². The summed E-state index contributed by atoms with van der Waals surface area (Å²) in [6, 6.07) is 5.49. The molecule has 0 aliphatic carbocycles. The summed E-state index contributed by atoms with van der Waals surface area (Å²) in [7, 11) is 2.02. The van der Waals surface area contributed by atoms with Crippen LogP contribution in [0.4, 0.5) is 5.69 Å². The van der Waals surface area contributed by atoms with Gasteiger partial charge in [0.05, 0.1) is 5.69 Å². The number of nitrogens with two attached hydrogens (primary N) is 1. The summed E-state index contributed by atoms with van der Waals surface area (Å²) in [6.45, 7) is 4.46. The van der Waals surface area contributed by atoms with Gasteiger partial charge in [0.25, 0.3) is 5.91 Å². The van der Waals surface area contributed by atoms with Crippen LogP contribution in [0.15, 0.2) is 18.2 Å². The zero-order valence-corrected chi connectivity index (χ0v) is 13.1. The quantitative estimate of drug-likeness (QED) is 0.892. The van der Waals surface area contributed by atoms with Crippen LogP contribution in [0.25, 0.3) is 10.1 Å². The molecule has 0 aliphatic rings. The van der Waals surface area contributed by atoms with E-state index in [9.17, 15) is 4.79 Å². The van der Waals surface area contributed by atoms with Crippen LogP contribution in [-0.4, -0.2) is 37.5 Å². The van der Waals surface area contributed by atoms with Crippen molar-refractivity contribution in [3.63, 3.8) is 0 Å². The molecule has 108 valence electrons. The number of carbonyl (C=O) groups is 1. The number of likely N-dealkylation sites (N-methyl/N-ethyl adjacent to an activating group) is 1. The van der Waals surface area contributed by atoms with Crippen LogP contribution in [0.1, 0.15) is 16.6 Å². The number of rotatable bonds is 5. The molecule has 2 aromatic rings. The van der Waals surface area contributed by atoms with Crippen molar-refractivity contribution in [2.75, 3.05) is 32.4 Å². The van der Waals surface area contributed by atoms with Crippen LogP contribution < -0.4 is 11.1 Å². The highest BCUT2D eigenvalue weighted by Gasteiger charge is 2.16. The molecule has 0 saturated heterocycles. The summed E-state index contributed by atoms with van der Waals surface area (Å²) < 4.78 is 0.975. The molecule has 0 saturated carbocycles. The van der Waals surface area contributed by atoms with E-state index >= 15 is 0 Å². The van der Waals surface area contributed by atoms with Gasteiger partial charge in [-0.05, 0) is 31.8 Å². The molecule has 0 atom stereocenters. The predicted octanol–water partition coefficient (Wildman–Crippen LogP) is 2.82. The summed E-state index contributed by atoms with van der Waals surface area (Å²) >= 11 is 7.35. The molecule has 0 fully saturated rings. The number of nitrogens with one attached hydrogen (secondary N) is 1. The van der Waals surface area contributed by atoms with E-state index in [-0.39, 0.29) is 5.91 Å². The average Bonchev–Trinajstić information content (AvgIpc) is 2.75. The Labute approximate surface area is 127 Å². The minimum Gasteiger partial charge on any atom is -0.397 e. The standard InChI is InChI=1S/C14H18ClN3OS/c1-3-18(2)7-6-17-14(19)13-12(16)10-8-9(15)4-5-11(10)20-13/h4-5,8H,3,6-7,16H2,1-2H3,(H,17,19). The fourth-order valence-corrected chi connectivity index (χ4v) is 3.05. The lowest BCUT2D eigenvalue weighted by Gasteiger charge is -2.13. The second-order valence-electron chi connectivity index (χ2n) is 4.64. The lowest BCUT2D eigenvalue weighted by Crippen LogP contribution is -2.32. The van der Waals surface area contributed by atoms with Gasteiger partial charge < -0.3 is 16.0 Å². The Bertz CT molecular complexity index is 626. The number of hydrogen-bond donors (Lipinski definition) is 2. The van der Waals surface area contributed by atoms with Crippen molar-refractivity contribution in [3.05, 3.63) is 28.1 Å². The predicted molar refractivity (Wildman–Crippen MR) is 86.8 cm³/mol. The van der Waals surface area contributed by atoms with Gasteiger partial charge in [-0.1, -0.05) is 18.5 Å². The number of benzene rings is 1. The van der Waals surface area contributed by atoms with Crippen LogP contribution in [0.3, 0.4) is 0 Å². The van der Waals surface area contributed by atoms with E-state index in [1.54, 1.807) is 12.1 Å². The minimum absolute atomic E-state index is 0.121. The van der Waals surface area contributed by atoms with Gasteiger partial charge in [-0.2, -0.15) is 0 Å². The lowest BCUT2D eigenvalue weighted by atomic mass is 10.2. The molecule has 1 aromatic heterocycles. The van der Waals surface area contributed by atoms with E-state index in [4.69, 9.17) is 17.3 Å². The van der Waals surface area contributed by atoms with Gasteiger partial charge in [-0.25, -0.2) is 0 Å². The smallest absolute Gasteiger partial charge is 0.263 e. The van der Waals surface area contributed by atoms with E-state index in [1.807, 2.05) is 13.1 Å². The normalized spacial score (nSPS) is 11.2. The average molecular weight is 312 g/mol. The lowest BCUT2D eigenvalue weighted by molar-refractivity contribution is 0.0955.